The number of nitrogens with one attached hydrogen (secondary N) is 1. The summed E-state index contributed by atoms with van der Waals surface area (Å²) in [5.41, 5.74) is 0.625. The van der Waals surface area contributed by atoms with Crippen LogP contribution in [0.15, 0.2) is 16.6 Å². The van der Waals surface area contributed by atoms with Gasteiger partial charge in [0.05, 0.1) is 11.6 Å². The molecule has 1 aromatic heterocycles. The van der Waals surface area contributed by atoms with E-state index in [0.29, 0.717) is 21.1 Å². The van der Waals surface area contributed by atoms with Gasteiger partial charge in [0.25, 0.3) is 0 Å². The summed E-state index contributed by atoms with van der Waals surface area (Å²) < 4.78 is 5.72. The Morgan fingerprint density at radius 3 is 2.93 bits per heavy atom. The first-order valence-corrected chi connectivity index (χ1v) is 4.88. The van der Waals surface area contributed by atoms with Gasteiger partial charge in [0.2, 0.25) is 0 Å². The van der Waals surface area contributed by atoms with Gasteiger partial charge >= 0.3 is 5.97 Å². The number of halogens is 1. The van der Waals surface area contributed by atoms with Crippen LogP contribution in [0.25, 0.3) is 10.9 Å². The molecule has 0 atom stereocenters. The Hall–Kier alpha value is -1.56. The van der Waals surface area contributed by atoms with E-state index in [2.05, 4.69) is 26.1 Å². The van der Waals surface area contributed by atoms with Crippen LogP contribution >= 0.6 is 15.9 Å². The maximum absolute atomic E-state index is 10.8. The number of methoxy groups -OCH3 is 1. The maximum atomic E-state index is 10.8. The van der Waals surface area contributed by atoms with Crippen molar-refractivity contribution in [3.05, 3.63) is 22.3 Å². The van der Waals surface area contributed by atoms with Crippen molar-refractivity contribution in [3.63, 3.8) is 0 Å². The molecule has 6 heteroatoms. The van der Waals surface area contributed by atoms with E-state index in [1.54, 1.807) is 12.1 Å². The molecule has 2 N–H and O–H groups in total. The highest BCUT2D eigenvalue weighted by Gasteiger charge is 2.15. The number of carbonyl (C=O) groups is 1. The number of carboxylic acids is 1. The minimum absolute atomic E-state index is 0.0772. The molecule has 5 nitrogen and oxygen atoms in total. The van der Waals surface area contributed by atoms with Crippen LogP contribution in [0.5, 0.6) is 5.75 Å². The van der Waals surface area contributed by atoms with Crippen LogP contribution in [0.1, 0.15) is 10.5 Å². The number of aromatic carboxylic acids is 1. The van der Waals surface area contributed by atoms with Crippen molar-refractivity contribution >= 4 is 32.8 Å². The predicted molar refractivity (Wildman–Crippen MR) is 57.3 cm³/mol. The predicted octanol–water partition coefficient (Wildman–Crippen LogP) is 2.03. The van der Waals surface area contributed by atoms with Crippen LogP contribution in [-0.4, -0.2) is 28.4 Å². The first-order valence-electron chi connectivity index (χ1n) is 4.09. The van der Waals surface area contributed by atoms with Gasteiger partial charge in [-0.25, -0.2) is 4.79 Å². The summed E-state index contributed by atoms with van der Waals surface area (Å²) in [5, 5.41) is 15.8. The summed E-state index contributed by atoms with van der Waals surface area (Å²) in [7, 11) is 1.54. The minimum atomic E-state index is -1.03. The zero-order chi connectivity index (χ0) is 11.0. The van der Waals surface area contributed by atoms with Crippen molar-refractivity contribution in [2.24, 2.45) is 0 Å². The molecule has 2 aromatic rings. The first kappa shape index (κ1) is 9.97. The van der Waals surface area contributed by atoms with E-state index < -0.39 is 5.97 Å². The normalized spacial score (nSPS) is 10.5. The summed E-state index contributed by atoms with van der Waals surface area (Å²) >= 11 is 3.30. The van der Waals surface area contributed by atoms with E-state index in [0.717, 1.165) is 0 Å². The number of aromatic nitrogens is 2. The van der Waals surface area contributed by atoms with Crippen LogP contribution in [0.3, 0.4) is 0 Å². The van der Waals surface area contributed by atoms with E-state index in [9.17, 15) is 4.79 Å². The summed E-state index contributed by atoms with van der Waals surface area (Å²) in [4.78, 5) is 10.8. The van der Waals surface area contributed by atoms with Gasteiger partial charge in [-0.1, -0.05) is 0 Å². The SMILES string of the molecule is COc1ccc2c(C(=O)O)[nH]nc2c1Br. The van der Waals surface area contributed by atoms with Crippen molar-refractivity contribution < 1.29 is 14.6 Å². The second kappa shape index (κ2) is 3.54. The Balaban J connectivity index is 2.76. The molecule has 0 saturated carbocycles. The van der Waals surface area contributed by atoms with Gasteiger partial charge in [0.1, 0.15) is 11.3 Å². The van der Waals surface area contributed by atoms with E-state index in [1.165, 1.54) is 7.11 Å². The van der Waals surface area contributed by atoms with E-state index in [1.807, 2.05) is 0 Å². The number of H-pyrrole nitrogens is 1. The summed E-state index contributed by atoms with van der Waals surface area (Å²) in [6.45, 7) is 0. The standard InChI is InChI=1S/C9H7BrN2O3/c1-15-5-3-2-4-7(6(5)10)11-12-8(4)9(13)14/h2-3H,1H3,(H,11,12)(H,13,14). The van der Waals surface area contributed by atoms with Gasteiger partial charge in [-0.2, -0.15) is 5.10 Å². The molecule has 0 aliphatic heterocycles. The van der Waals surface area contributed by atoms with Crippen molar-refractivity contribution in [1.29, 1.82) is 0 Å². The summed E-state index contributed by atoms with van der Waals surface area (Å²) in [5.74, 6) is -0.416. The maximum Gasteiger partial charge on any atom is 0.354 e. The van der Waals surface area contributed by atoms with Gasteiger partial charge in [0, 0.05) is 5.39 Å². The largest absolute Gasteiger partial charge is 0.495 e. The van der Waals surface area contributed by atoms with Crippen molar-refractivity contribution in [2.75, 3.05) is 7.11 Å². The fraction of sp³-hybridized carbons (Fsp3) is 0.111. The summed E-state index contributed by atoms with van der Waals surface area (Å²) in [6.07, 6.45) is 0. The molecule has 0 aliphatic rings. The number of nitrogens with zero attached hydrogens (tertiary/aromatic N) is 1. The molecule has 0 bridgehead atoms. The number of ether oxygens (including phenoxy) is 1. The highest BCUT2D eigenvalue weighted by Crippen LogP contribution is 2.32. The second-order valence-corrected chi connectivity index (χ2v) is 3.67. The molecule has 0 unspecified atom stereocenters. The molecule has 1 aromatic carbocycles. The highest BCUT2D eigenvalue weighted by molar-refractivity contribution is 9.10. The smallest absolute Gasteiger partial charge is 0.354 e. The number of rotatable bonds is 2. The Morgan fingerprint density at radius 1 is 1.60 bits per heavy atom. The van der Waals surface area contributed by atoms with E-state index >= 15 is 0 Å². The van der Waals surface area contributed by atoms with Gasteiger partial charge < -0.3 is 9.84 Å². The molecule has 0 aliphatic carbocycles. The van der Waals surface area contributed by atoms with Crippen LogP contribution in [0.2, 0.25) is 0 Å². The van der Waals surface area contributed by atoms with Crippen molar-refractivity contribution in [3.8, 4) is 5.75 Å². The molecule has 78 valence electrons. The quantitative estimate of drug-likeness (QED) is 0.876. The van der Waals surface area contributed by atoms with Crippen molar-refractivity contribution in [2.45, 2.75) is 0 Å². The first-order chi connectivity index (χ1) is 7.15. The lowest BCUT2D eigenvalue weighted by Crippen LogP contribution is -1.96. The highest BCUT2D eigenvalue weighted by atomic mass is 79.9. The third-order valence-corrected chi connectivity index (χ3v) is 2.83. The van der Waals surface area contributed by atoms with Crippen LogP contribution in [0.4, 0.5) is 0 Å². The third kappa shape index (κ3) is 1.46. The lowest BCUT2D eigenvalue weighted by Gasteiger charge is -2.02. The molecular weight excluding hydrogens is 264 g/mol. The topological polar surface area (TPSA) is 75.2 Å². The molecular formula is C9H7BrN2O3. The zero-order valence-corrected chi connectivity index (χ0v) is 9.33. The van der Waals surface area contributed by atoms with Crippen LogP contribution in [-0.2, 0) is 0 Å². The average Bonchev–Trinajstić information content (AvgIpc) is 2.62. The molecule has 2 rings (SSSR count). The molecule has 15 heavy (non-hydrogen) atoms. The lowest BCUT2D eigenvalue weighted by molar-refractivity contribution is 0.0692. The second-order valence-electron chi connectivity index (χ2n) is 2.88. The van der Waals surface area contributed by atoms with E-state index in [4.69, 9.17) is 9.84 Å². The van der Waals surface area contributed by atoms with Crippen LogP contribution in [0, 0.1) is 0 Å². The number of fused-ring (bicyclic) bond motifs is 1. The van der Waals surface area contributed by atoms with Gasteiger partial charge in [-0.3, -0.25) is 5.10 Å². The lowest BCUT2D eigenvalue weighted by atomic mass is 10.2. The fourth-order valence-corrected chi connectivity index (χ4v) is 1.95. The van der Waals surface area contributed by atoms with Crippen molar-refractivity contribution in [1.82, 2.24) is 10.2 Å². The average molecular weight is 271 g/mol. The Labute approximate surface area is 93.2 Å². The number of benzene rings is 1. The van der Waals surface area contributed by atoms with E-state index in [-0.39, 0.29) is 5.69 Å². The monoisotopic (exact) mass is 270 g/mol. The van der Waals surface area contributed by atoms with Gasteiger partial charge in [-0.05, 0) is 28.1 Å². The summed E-state index contributed by atoms with van der Waals surface area (Å²) in [6, 6.07) is 3.35. The Bertz CT molecular complexity index is 535. The third-order valence-electron chi connectivity index (χ3n) is 2.06. The minimum Gasteiger partial charge on any atom is -0.495 e. The fourth-order valence-electron chi connectivity index (χ4n) is 1.35. The number of hydrogen-bond acceptors (Lipinski definition) is 3. The molecule has 0 saturated heterocycles. The molecule has 0 fully saturated rings. The number of carboxylic acid groups (broad SMARTS) is 1. The molecule has 1 heterocycles. The Kier molecular flexibility index (Phi) is 2.36. The number of hydrogen-bond donors (Lipinski definition) is 2. The van der Waals surface area contributed by atoms with Gasteiger partial charge in [-0.15, -0.1) is 0 Å². The molecule has 0 spiro atoms. The zero-order valence-electron chi connectivity index (χ0n) is 7.74. The van der Waals surface area contributed by atoms with Gasteiger partial charge in [0.15, 0.2) is 5.69 Å². The Morgan fingerprint density at radius 2 is 2.33 bits per heavy atom. The number of aromatic amines is 1. The van der Waals surface area contributed by atoms with Crippen LogP contribution < -0.4 is 4.74 Å². The molecule has 0 amide bonds. The molecule has 0 radical (unpaired) electrons.